The molecule has 156 valence electrons. The van der Waals surface area contributed by atoms with Gasteiger partial charge in [0, 0.05) is 22.8 Å². The molecule has 1 aromatic heterocycles. The highest BCUT2D eigenvalue weighted by Gasteiger charge is 2.35. The van der Waals surface area contributed by atoms with E-state index in [1.54, 1.807) is 51.2 Å². The first-order valence-corrected chi connectivity index (χ1v) is 9.69. The first kappa shape index (κ1) is 22.4. The van der Waals surface area contributed by atoms with Gasteiger partial charge in [-0.05, 0) is 29.7 Å². The lowest BCUT2D eigenvalue weighted by Crippen LogP contribution is -2.56. The average Bonchev–Trinajstić information content (AvgIpc) is 3.12. The Morgan fingerprint density at radius 3 is 2.34 bits per heavy atom. The second-order valence-electron chi connectivity index (χ2n) is 7.57. The summed E-state index contributed by atoms with van der Waals surface area (Å²) in [6.45, 7) is 5.13. The Morgan fingerprint density at radius 2 is 1.83 bits per heavy atom. The largest absolute Gasteiger partial charge is 0.480 e. The molecule has 9 nitrogen and oxygen atoms in total. The first-order chi connectivity index (χ1) is 13.6. The molecule has 0 bridgehead atoms. The zero-order valence-corrected chi connectivity index (χ0v) is 17.9. The second-order valence-corrected chi connectivity index (χ2v) is 8.48. The molecule has 29 heavy (non-hydrogen) atoms. The van der Waals surface area contributed by atoms with Crippen LogP contribution in [0.5, 0.6) is 0 Å². The summed E-state index contributed by atoms with van der Waals surface area (Å²) in [6, 6.07) is 4.21. The summed E-state index contributed by atoms with van der Waals surface area (Å²) in [5.41, 5.74) is 0.386. The quantitative estimate of drug-likeness (QED) is 0.427. The maximum atomic E-state index is 12.8. The fourth-order valence-corrected chi connectivity index (χ4v) is 2.84. The number of halogens is 1. The third kappa shape index (κ3) is 6.90. The van der Waals surface area contributed by atoms with E-state index in [2.05, 4.69) is 41.8 Å². The van der Waals surface area contributed by atoms with E-state index in [1.165, 1.54) is 6.33 Å². The van der Waals surface area contributed by atoms with Crippen LogP contribution in [-0.2, 0) is 16.0 Å². The zero-order valence-electron chi connectivity index (χ0n) is 16.3. The number of nitrogens with one attached hydrogen (secondary N) is 4. The predicted octanol–water partition coefficient (Wildman–Crippen LogP) is 2.52. The van der Waals surface area contributed by atoms with Crippen LogP contribution in [0.4, 0.5) is 10.5 Å². The third-order valence-electron chi connectivity index (χ3n) is 4.09. The van der Waals surface area contributed by atoms with E-state index >= 15 is 0 Å². The van der Waals surface area contributed by atoms with Crippen LogP contribution in [0.25, 0.3) is 0 Å². The summed E-state index contributed by atoms with van der Waals surface area (Å²) < 4.78 is 0.862. The van der Waals surface area contributed by atoms with Gasteiger partial charge in [-0.2, -0.15) is 0 Å². The Bertz CT molecular complexity index is 846. The Labute approximate surface area is 176 Å². The molecule has 2 rings (SSSR count). The fourth-order valence-electron chi connectivity index (χ4n) is 2.57. The number of carbonyl (C=O) groups excluding carboxylic acids is 2. The third-order valence-corrected chi connectivity index (χ3v) is 4.62. The van der Waals surface area contributed by atoms with Crippen LogP contribution in [0.2, 0.25) is 0 Å². The van der Waals surface area contributed by atoms with E-state index in [9.17, 15) is 19.5 Å². The highest BCUT2D eigenvalue weighted by atomic mass is 79.9. The molecule has 2 unspecified atom stereocenters. The molecule has 0 aliphatic heterocycles. The summed E-state index contributed by atoms with van der Waals surface area (Å²) in [4.78, 5) is 43.6. The maximum Gasteiger partial charge on any atom is 0.326 e. The number of anilines is 1. The lowest BCUT2D eigenvalue weighted by atomic mass is 9.86. The lowest BCUT2D eigenvalue weighted by molar-refractivity contribution is -0.145. The van der Waals surface area contributed by atoms with Gasteiger partial charge in [0.05, 0.1) is 12.0 Å². The molecule has 2 aromatic rings. The number of imidazole rings is 1. The fraction of sp³-hybridized carbons (Fsp3) is 0.368. The highest BCUT2D eigenvalue weighted by molar-refractivity contribution is 9.10. The zero-order chi connectivity index (χ0) is 21.6. The molecule has 0 radical (unpaired) electrons. The van der Waals surface area contributed by atoms with Gasteiger partial charge in [-0.1, -0.05) is 36.7 Å². The number of aromatic nitrogens is 2. The van der Waals surface area contributed by atoms with Crippen molar-refractivity contribution in [3.05, 3.63) is 47.0 Å². The standard InChI is InChI=1S/C19H24BrN5O4/c1-19(2,3)15(17(27)28)25-16(26)14(8-13-9-21-10-22-13)24-18(29)23-12-6-4-11(20)5-7-12/h4-7,9-10,14-15H,8H2,1-3H3,(H,21,22)(H,25,26)(H,27,28)(H2,23,24,29). The van der Waals surface area contributed by atoms with Crippen LogP contribution in [0.3, 0.4) is 0 Å². The van der Waals surface area contributed by atoms with Gasteiger partial charge in [0.15, 0.2) is 0 Å². The molecule has 0 fully saturated rings. The number of rotatable bonds is 7. The van der Waals surface area contributed by atoms with Crippen molar-refractivity contribution >= 4 is 39.5 Å². The Morgan fingerprint density at radius 1 is 1.17 bits per heavy atom. The van der Waals surface area contributed by atoms with Crippen molar-refractivity contribution in [3.8, 4) is 0 Å². The number of benzene rings is 1. The minimum Gasteiger partial charge on any atom is -0.480 e. The van der Waals surface area contributed by atoms with E-state index in [-0.39, 0.29) is 6.42 Å². The normalized spacial score (nSPS) is 13.2. The summed E-state index contributed by atoms with van der Waals surface area (Å²) in [7, 11) is 0. The smallest absolute Gasteiger partial charge is 0.326 e. The number of aromatic amines is 1. The predicted molar refractivity (Wildman–Crippen MR) is 111 cm³/mol. The van der Waals surface area contributed by atoms with Crippen LogP contribution >= 0.6 is 15.9 Å². The van der Waals surface area contributed by atoms with Crippen LogP contribution in [-0.4, -0.2) is 45.1 Å². The van der Waals surface area contributed by atoms with Crippen molar-refractivity contribution in [2.45, 2.75) is 39.3 Å². The van der Waals surface area contributed by atoms with Crippen molar-refractivity contribution in [2.24, 2.45) is 5.41 Å². The second kappa shape index (κ2) is 9.55. The molecule has 5 N–H and O–H groups in total. The molecule has 0 saturated heterocycles. The van der Waals surface area contributed by atoms with Gasteiger partial charge in [0.25, 0.3) is 0 Å². The van der Waals surface area contributed by atoms with Crippen molar-refractivity contribution in [2.75, 3.05) is 5.32 Å². The Hall–Kier alpha value is -2.88. The van der Waals surface area contributed by atoms with Gasteiger partial charge in [0.2, 0.25) is 5.91 Å². The molecule has 1 heterocycles. The number of nitrogens with zero attached hydrogens (tertiary/aromatic N) is 1. The molecular weight excluding hydrogens is 442 g/mol. The van der Waals surface area contributed by atoms with Gasteiger partial charge in [-0.3, -0.25) is 4.79 Å². The molecule has 1 aromatic carbocycles. The van der Waals surface area contributed by atoms with E-state index in [4.69, 9.17) is 0 Å². The summed E-state index contributed by atoms with van der Waals surface area (Å²) in [5, 5.41) is 17.2. The minimum atomic E-state index is -1.15. The molecule has 0 spiro atoms. The number of carboxylic acids is 1. The van der Waals surface area contributed by atoms with E-state index in [0.717, 1.165) is 4.47 Å². The van der Waals surface area contributed by atoms with Crippen LogP contribution in [0.1, 0.15) is 26.5 Å². The number of carbonyl (C=O) groups is 3. The highest BCUT2D eigenvalue weighted by Crippen LogP contribution is 2.20. The number of H-pyrrole nitrogens is 1. The number of hydrogen-bond donors (Lipinski definition) is 5. The monoisotopic (exact) mass is 465 g/mol. The number of amides is 3. The molecule has 0 aliphatic rings. The van der Waals surface area contributed by atoms with E-state index in [0.29, 0.717) is 11.4 Å². The molecule has 3 amide bonds. The van der Waals surface area contributed by atoms with Gasteiger partial charge in [-0.25, -0.2) is 14.6 Å². The topological polar surface area (TPSA) is 136 Å². The number of urea groups is 1. The average molecular weight is 466 g/mol. The van der Waals surface area contributed by atoms with E-state index < -0.39 is 35.4 Å². The number of aliphatic carboxylic acids is 1. The van der Waals surface area contributed by atoms with Gasteiger partial charge >= 0.3 is 12.0 Å². The SMILES string of the molecule is CC(C)(C)C(NC(=O)C(Cc1c[nH]cn1)NC(=O)Nc1ccc(Br)cc1)C(=O)O. The lowest BCUT2D eigenvalue weighted by Gasteiger charge is -2.29. The minimum absolute atomic E-state index is 0.0968. The first-order valence-electron chi connectivity index (χ1n) is 8.90. The van der Waals surface area contributed by atoms with Crippen molar-refractivity contribution < 1.29 is 19.5 Å². The summed E-state index contributed by atoms with van der Waals surface area (Å²) in [5.74, 6) is -1.76. The summed E-state index contributed by atoms with van der Waals surface area (Å²) >= 11 is 3.32. The molecular formula is C19H24BrN5O4. The van der Waals surface area contributed by atoms with Crippen molar-refractivity contribution in [1.82, 2.24) is 20.6 Å². The number of hydrogen-bond acceptors (Lipinski definition) is 4. The van der Waals surface area contributed by atoms with E-state index in [1.807, 2.05) is 0 Å². The molecule has 10 heteroatoms. The summed E-state index contributed by atoms with van der Waals surface area (Å²) in [6.07, 6.45) is 3.16. The molecule has 2 atom stereocenters. The van der Waals surface area contributed by atoms with Crippen molar-refractivity contribution in [1.29, 1.82) is 0 Å². The van der Waals surface area contributed by atoms with Gasteiger partial charge < -0.3 is 26.0 Å². The van der Waals surface area contributed by atoms with Gasteiger partial charge in [-0.15, -0.1) is 0 Å². The van der Waals surface area contributed by atoms with Crippen molar-refractivity contribution in [3.63, 3.8) is 0 Å². The molecule has 0 saturated carbocycles. The Kier molecular flexibility index (Phi) is 7.38. The Balaban J connectivity index is 2.13. The molecule has 0 aliphatic carbocycles. The number of carboxylic acid groups (broad SMARTS) is 1. The van der Waals surface area contributed by atoms with Crippen LogP contribution in [0.15, 0.2) is 41.3 Å². The van der Waals surface area contributed by atoms with Crippen LogP contribution < -0.4 is 16.0 Å². The van der Waals surface area contributed by atoms with Gasteiger partial charge in [0.1, 0.15) is 12.1 Å². The van der Waals surface area contributed by atoms with Crippen LogP contribution in [0, 0.1) is 5.41 Å². The maximum absolute atomic E-state index is 12.8.